The van der Waals surface area contributed by atoms with E-state index in [0.717, 1.165) is 6.42 Å². The molecule has 19 heavy (non-hydrogen) atoms. The molecule has 1 aromatic heterocycles. The molecular formula is C12H19N5OS. The Kier molecular flexibility index (Phi) is 6.14. The predicted octanol–water partition coefficient (Wildman–Crippen LogP) is 0.828. The molecule has 104 valence electrons. The average Bonchev–Trinajstić information content (AvgIpc) is 2.38. The number of nitrogens with two attached hydrogens (primary N) is 1. The maximum Gasteiger partial charge on any atom is 0.223 e. The number of rotatable bonds is 7. The second kappa shape index (κ2) is 7.63. The first-order chi connectivity index (χ1) is 9.02. The predicted molar refractivity (Wildman–Crippen MR) is 78.9 cm³/mol. The summed E-state index contributed by atoms with van der Waals surface area (Å²) in [5.41, 5.74) is 5.99. The number of nitrogens with zero attached hydrogens (tertiary/aromatic N) is 2. The largest absolute Gasteiger partial charge is 0.388 e. The number of hydrogen-bond acceptors (Lipinski definition) is 5. The molecule has 0 saturated carbocycles. The summed E-state index contributed by atoms with van der Waals surface area (Å²) in [7, 11) is 0. The van der Waals surface area contributed by atoms with Crippen molar-refractivity contribution >= 4 is 29.1 Å². The van der Waals surface area contributed by atoms with E-state index < -0.39 is 0 Å². The zero-order chi connectivity index (χ0) is 14.3. The second-order valence-electron chi connectivity index (χ2n) is 4.18. The summed E-state index contributed by atoms with van der Waals surface area (Å²) < 4.78 is 0. The third-order valence-corrected chi connectivity index (χ3v) is 2.77. The van der Waals surface area contributed by atoms with Crippen LogP contribution in [0.25, 0.3) is 0 Å². The fourth-order valence-electron chi connectivity index (χ4n) is 1.32. The van der Waals surface area contributed by atoms with Crippen molar-refractivity contribution in [2.24, 2.45) is 5.73 Å². The minimum Gasteiger partial charge on any atom is -0.388 e. The van der Waals surface area contributed by atoms with Gasteiger partial charge >= 0.3 is 0 Å². The van der Waals surface area contributed by atoms with Gasteiger partial charge in [-0.05, 0) is 19.4 Å². The smallest absolute Gasteiger partial charge is 0.223 e. The summed E-state index contributed by atoms with van der Waals surface area (Å²) >= 11 is 4.83. The van der Waals surface area contributed by atoms with E-state index in [1.165, 1.54) is 0 Å². The lowest BCUT2D eigenvalue weighted by Crippen LogP contribution is -2.33. The Morgan fingerprint density at radius 3 is 2.95 bits per heavy atom. The number of thiocarbonyl (C=S) groups is 1. The number of carbonyl (C=O) groups excluding carboxylic acids is 1. The molecule has 0 fully saturated rings. The molecule has 0 aliphatic rings. The van der Waals surface area contributed by atoms with Crippen LogP contribution in [0.15, 0.2) is 12.3 Å². The van der Waals surface area contributed by atoms with Crippen LogP contribution >= 0.6 is 12.2 Å². The van der Waals surface area contributed by atoms with Crippen molar-refractivity contribution in [3.05, 3.63) is 18.0 Å². The molecule has 0 saturated heterocycles. The topological polar surface area (TPSA) is 92.9 Å². The van der Waals surface area contributed by atoms with Gasteiger partial charge in [0.15, 0.2) is 0 Å². The quantitative estimate of drug-likeness (QED) is 0.641. The molecule has 4 N–H and O–H groups in total. The number of amides is 1. The van der Waals surface area contributed by atoms with E-state index in [1.807, 2.05) is 13.8 Å². The fourth-order valence-corrected chi connectivity index (χ4v) is 1.43. The van der Waals surface area contributed by atoms with Crippen LogP contribution in [0.2, 0.25) is 0 Å². The molecule has 0 aromatic carbocycles. The lowest BCUT2D eigenvalue weighted by atomic mass is 10.2. The first-order valence-electron chi connectivity index (χ1n) is 6.19. The van der Waals surface area contributed by atoms with Crippen molar-refractivity contribution < 1.29 is 4.79 Å². The molecule has 0 spiro atoms. The molecule has 1 amide bonds. The number of hydrogen-bond donors (Lipinski definition) is 3. The molecule has 0 radical (unpaired) electrons. The fraction of sp³-hybridized carbons (Fsp3) is 0.500. The van der Waals surface area contributed by atoms with Gasteiger partial charge in [0, 0.05) is 25.2 Å². The van der Waals surface area contributed by atoms with Gasteiger partial charge in [-0.15, -0.1) is 0 Å². The minimum atomic E-state index is 0.00681. The Morgan fingerprint density at radius 2 is 2.32 bits per heavy atom. The molecule has 7 heteroatoms. The van der Waals surface area contributed by atoms with E-state index in [0.29, 0.717) is 24.6 Å². The molecule has 6 nitrogen and oxygen atoms in total. The summed E-state index contributed by atoms with van der Waals surface area (Å²) in [5.74, 6) is 0.425. The average molecular weight is 281 g/mol. The molecule has 1 atom stereocenters. The van der Waals surface area contributed by atoms with E-state index >= 15 is 0 Å². The normalized spacial score (nSPS) is 11.7. The monoisotopic (exact) mass is 281 g/mol. The number of aromatic nitrogens is 2. The SMILES string of the molecule is CCC(C)NC(=O)CCNc1nccc(C(N)=S)n1. The minimum absolute atomic E-state index is 0.00681. The van der Waals surface area contributed by atoms with Gasteiger partial charge in [0.2, 0.25) is 11.9 Å². The summed E-state index contributed by atoms with van der Waals surface area (Å²) in [5, 5.41) is 5.85. The third kappa shape index (κ3) is 5.60. The van der Waals surface area contributed by atoms with Crippen molar-refractivity contribution in [3.8, 4) is 0 Å². The zero-order valence-electron chi connectivity index (χ0n) is 11.1. The lowest BCUT2D eigenvalue weighted by molar-refractivity contribution is -0.121. The van der Waals surface area contributed by atoms with Crippen LogP contribution in [0.5, 0.6) is 0 Å². The van der Waals surface area contributed by atoms with Crippen molar-refractivity contribution in [2.45, 2.75) is 32.7 Å². The van der Waals surface area contributed by atoms with E-state index in [2.05, 4.69) is 20.6 Å². The Balaban J connectivity index is 2.39. The first-order valence-corrected chi connectivity index (χ1v) is 6.59. The zero-order valence-corrected chi connectivity index (χ0v) is 12.0. The van der Waals surface area contributed by atoms with Gasteiger partial charge in [-0.1, -0.05) is 19.1 Å². The number of carbonyl (C=O) groups is 1. The molecule has 0 bridgehead atoms. The lowest BCUT2D eigenvalue weighted by Gasteiger charge is -2.11. The molecule has 1 unspecified atom stereocenters. The highest BCUT2D eigenvalue weighted by Crippen LogP contribution is 2.00. The highest BCUT2D eigenvalue weighted by atomic mass is 32.1. The van der Waals surface area contributed by atoms with Crippen LogP contribution in [0.3, 0.4) is 0 Å². The summed E-state index contributed by atoms with van der Waals surface area (Å²) in [6, 6.07) is 1.84. The maximum atomic E-state index is 11.5. The maximum absolute atomic E-state index is 11.5. The third-order valence-electron chi connectivity index (χ3n) is 2.56. The number of nitrogens with one attached hydrogen (secondary N) is 2. The highest BCUT2D eigenvalue weighted by molar-refractivity contribution is 7.80. The van der Waals surface area contributed by atoms with Crippen LogP contribution in [0.4, 0.5) is 5.95 Å². The van der Waals surface area contributed by atoms with Crippen LogP contribution in [-0.4, -0.2) is 33.5 Å². The molecule has 1 aromatic rings. The van der Waals surface area contributed by atoms with Crippen LogP contribution in [0, 0.1) is 0 Å². The van der Waals surface area contributed by atoms with Gasteiger partial charge < -0.3 is 16.4 Å². The standard InChI is InChI=1S/C12H19N5OS/c1-3-8(2)16-10(18)5-7-15-12-14-6-4-9(17-12)11(13)19/h4,6,8H,3,5,7H2,1-2H3,(H2,13,19)(H,16,18)(H,14,15,17). The molecule has 1 heterocycles. The van der Waals surface area contributed by atoms with Gasteiger partial charge in [-0.3, -0.25) is 4.79 Å². The number of anilines is 1. The van der Waals surface area contributed by atoms with E-state index in [1.54, 1.807) is 12.3 Å². The van der Waals surface area contributed by atoms with Crippen LogP contribution < -0.4 is 16.4 Å². The van der Waals surface area contributed by atoms with Crippen molar-refractivity contribution in [1.29, 1.82) is 0 Å². The molecule has 1 rings (SSSR count). The summed E-state index contributed by atoms with van der Waals surface area (Å²) in [6.07, 6.45) is 2.85. The van der Waals surface area contributed by atoms with Gasteiger partial charge in [0.25, 0.3) is 0 Å². The molecule has 0 aliphatic heterocycles. The van der Waals surface area contributed by atoms with Crippen molar-refractivity contribution in [1.82, 2.24) is 15.3 Å². The van der Waals surface area contributed by atoms with Crippen LogP contribution in [0.1, 0.15) is 32.4 Å². The molecular weight excluding hydrogens is 262 g/mol. The Bertz CT molecular complexity index is 452. The van der Waals surface area contributed by atoms with Gasteiger partial charge in [-0.2, -0.15) is 0 Å². The van der Waals surface area contributed by atoms with Crippen molar-refractivity contribution in [2.75, 3.05) is 11.9 Å². The Hall–Kier alpha value is -1.76. The van der Waals surface area contributed by atoms with Gasteiger partial charge in [0.05, 0.1) is 0 Å². The molecule has 0 aliphatic carbocycles. The summed E-state index contributed by atoms with van der Waals surface area (Å²) in [6.45, 7) is 4.46. The van der Waals surface area contributed by atoms with Crippen LogP contribution in [-0.2, 0) is 4.79 Å². The highest BCUT2D eigenvalue weighted by Gasteiger charge is 2.06. The Morgan fingerprint density at radius 1 is 1.58 bits per heavy atom. The first kappa shape index (κ1) is 15.3. The van der Waals surface area contributed by atoms with Crippen molar-refractivity contribution in [3.63, 3.8) is 0 Å². The van der Waals surface area contributed by atoms with E-state index in [-0.39, 0.29) is 16.9 Å². The van der Waals surface area contributed by atoms with E-state index in [4.69, 9.17) is 18.0 Å². The Labute approximate surface area is 118 Å². The van der Waals surface area contributed by atoms with E-state index in [9.17, 15) is 4.79 Å². The van der Waals surface area contributed by atoms with Gasteiger partial charge in [0.1, 0.15) is 10.7 Å². The second-order valence-corrected chi connectivity index (χ2v) is 4.62. The summed E-state index contributed by atoms with van der Waals surface area (Å²) in [4.78, 5) is 19.9. The van der Waals surface area contributed by atoms with Gasteiger partial charge in [-0.25, -0.2) is 9.97 Å².